The van der Waals surface area contributed by atoms with Crippen LogP contribution >= 0.6 is 22.9 Å². The predicted octanol–water partition coefficient (Wildman–Crippen LogP) is 3.97. The minimum atomic E-state index is -0.148. The number of rotatable bonds is 2. The highest BCUT2D eigenvalue weighted by atomic mass is 35.5. The van der Waals surface area contributed by atoms with Crippen molar-refractivity contribution < 1.29 is 4.79 Å². The summed E-state index contributed by atoms with van der Waals surface area (Å²) in [5, 5.41) is 3.09. The Morgan fingerprint density at radius 3 is 2.67 bits per heavy atom. The van der Waals surface area contributed by atoms with Crippen LogP contribution in [-0.4, -0.2) is 10.9 Å². The van der Waals surface area contributed by atoms with Crippen molar-refractivity contribution in [3.63, 3.8) is 0 Å². The molecule has 94 valence electrons. The summed E-state index contributed by atoms with van der Waals surface area (Å²) >= 11 is 7.42. The molecule has 0 fully saturated rings. The first-order valence-corrected chi connectivity index (χ1v) is 6.67. The second kappa shape index (κ2) is 5.08. The maximum absolute atomic E-state index is 12.1. The van der Waals surface area contributed by atoms with Crippen LogP contribution in [0.5, 0.6) is 0 Å². The number of carbonyl (C=O) groups is 1. The predicted molar refractivity (Wildman–Crippen MR) is 75.7 cm³/mol. The van der Waals surface area contributed by atoms with E-state index in [9.17, 15) is 4.79 Å². The summed E-state index contributed by atoms with van der Waals surface area (Å²) in [4.78, 5) is 17.9. The van der Waals surface area contributed by atoms with Crippen molar-refractivity contribution >= 4 is 34.5 Å². The lowest BCUT2D eigenvalue weighted by atomic mass is 10.2. The van der Waals surface area contributed by atoms with Gasteiger partial charge >= 0.3 is 0 Å². The fourth-order valence-electron chi connectivity index (χ4n) is 1.51. The van der Waals surface area contributed by atoms with Crippen molar-refractivity contribution in [1.82, 2.24) is 4.98 Å². The molecule has 0 aliphatic heterocycles. The molecule has 0 aliphatic carbocycles. The molecule has 0 radical (unpaired) electrons. The van der Waals surface area contributed by atoms with Crippen LogP contribution in [0.1, 0.15) is 25.7 Å². The summed E-state index contributed by atoms with van der Waals surface area (Å²) in [6.45, 7) is 5.89. The third kappa shape index (κ3) is 2.71. The van der Waals surface area contributed by atoms with Crippen LogP contribution in [0.4, 0.5) is 5.69 Å². The molecule has 0 aromatic carbocycles. The van der Waals surface area contributed by atoms with Gasteiger partial charge in [-0.1, -0.05) is 11.6 Å². The number of nitrogens with zero attached hydrogens (tertiary/aromatic N) is 1. The second-order valence-electron chi connectivity index (χ2n) is 4.16. The van der Waals surface area contributed by atoms with E-state index < -0.39 is 0 Å². The number of thiophene rings is 1. The van der Waals surface area contributed by atoms with Crippen LogP contribution in [0, 0.1) is 20.8 Å². The van der Waals surface area contributed by atoms with E-state index >= 15 is 0 Å². The van der Waals surface area contributed by atoms with Crippen molar-refractivity contribution in [2.45, 2.75) is 20.8 Å². The van der Waals surface area contributed by atoms with Gasteiger partial charge in [-0.25, -0.2) is 4.98 Å². The second-order valence-corrected chi connectivity index (χ2v) is 5.77. The van der Waals surface area contributed by atoms with E-state index in [0.717, 1.165) is 16.0 Å². The number of anilines is 1. The zero-order valence-corrected chi connectivity index (χ0v) is 11.9. The Morgan fingerprint density at radius 2 is 2.06 bits per heavy atom. The average Bonchev–Trinajstić information content (AvgIpc) is 2.64. The Labute approximate surface area is 115 Å². The zero-order chi connectivity index (χ0) is 13.3. The topological polar surface area (TPSA) is 42.0 Å². The number of aromatic nitrogens is 1. The number of hydrogen-bond donors (Lipinski definition) is 1. The van der Waals surface area contributed by atoms with E-state index in [0.29, 0.717) is 15.7 Å². The minimum absolute atomic E-state index is 0.148. The fourth-order valence-corrected chi connectivity index (χ4v) is 2.59. The smallest absolute Gasteiger partial charge is 0.265 e. The Balaban J connectivity index is 2.23. The van der Waals surface area contributed by atoms with Gasteiger partial charge in [0.2, 0.25) is 0 Å². The van der Waals surface area contributed by atoms with Crippen LogP contribution in [0.2, 0.25) is 5.15 Å². The number of carbonyl (C=O) groups excluding carboxylic acids is 1. The molecule has 0 bridgehead atoms. The van der Waals surface area contributed by atoms with E-state index in [2.05, 4.69) is 10.3 Å². The zero-order valence-electron chi connectivity index (χ0n) is 10.4. The summed E-state index contributed by atoms with van der Waals surface area (Å²) in [6, 6.07) is 3.69. The standard InChI is InChI=1S/C13H13ClN2OS/c1-7-4-10(12(14)15-6-7)16-13(17)11-5-8(2)9(3)18-11/h4-6H,1-3H3,(H,16,17). The van der Waals surface area contributed by atoms with Gasteiger partial charge in [0.1, 0.15) is 0 Å². The fraction of sp³-hybridized carbons (Fsp3) is 0.231. The largest absolute Gasteiger partial charge is 0.319 e. The SMILES string of the molecule is Cc1cnc(Cl)c(NC(=O)c2cc(C)c(C)s2)c1. The van der Waals surface area contributed by atoms with E-state index in [4.69, 9.17) is 11.6 Å². The third-order valence-corrected chi connectivity index (χ3v) is 4.07. The molecule has 0 saturated carbocycles. The summed E-state index contributed by atoms with van der Waals surface area (Å²) in [5.74, 6) is -0.148. The number of aryl methyl sites for hydroxylation is 3. The highest BCUT2D eigenvalue weighted by Gasteiger charge is 2.12. The molecule has 0 unspecified atom stereocenters. The summed E-state index contributed by atoms with van der Waals surface area (Å²) in [6.07, 6.45) is 1.66. The molecule has 5 heteroatoms. The normalized spacial score (nSPS) is 10.4. The molecule has 0 aliphatic rings. The Morgan fingerprint density at radius 1 is 1.33 bits per heavy atom. The Bertz CT molecular complexity index is 588. The van der Waals surface area contributed by atoms with E-state index in [1.807, 2.05) is 26.8 Å². The average molecular weight is 281 g/mol. The van der Waals surface area contributed by atoms with Crippen LogP contribution in [0.15, 0.2) is 18.3 Å². The molecular weight excluding hydrogens is 268 g/mol. The minimum Gasteiger partial charge on any atom is -0.319 e. The van der Waals surface area contributed by atoms with Crippen molar-refractivity contribution in [2.75, 3.05) is 5.32 Å². The first-order valence-electron chi connectivity index (χ1n) is 5.48. The van der Waals surface area contributed by atoms with Gasteiger partial charge in [0.15, 0.2) is 5.15 Å². The lowest BCUT2D eigenvalue weighted by Gasteiger charge is -2.05. The maximum atomic E-state index is 12.1. The highest BCUT2D eigenvalue weighted by molar-refractivity contribution is 7.14. The molecule has 0 spiro atoms. The van der Waals surface area contributed by atoms with E-state index in [1.165, 1.54) is 11.3 Å². The van der Waals surface area contributed by atoms with Gasteiger partial charge < -0.3 is 5.32 Å². The number of hydrogen-bond acceptors (Lipinski definition) is 3. The summed E-state index contributed by atoms with van der Waals surface area (Å²) < 4.78 is 0. The lowest BCUT2D eigenvalue weighted by Crippen LogP contribution is -2.11. The lowest BCUT2D eigenvalue weighted by molar-refractivity contribution is 0.103. The summed E-state index contributed by atoms with van der Waals surface area (Å²) in [5.41, 5.74) is 2.62. The first-order chi connectivity index (χ1) is 8.47. The number of amides is 1. The van der Waals surface area contributed by atoms with Crippen molar-refractivity contribution in [1.29, 1.82) is 0 Å². The van der Waals surface area contributed by atoms with Crippen molar-refractivity contribution in [2.24, 2.45) is 0 Å². The van der Waals surface area contributed by atoms with Crippen LogP contribution in [0.25, 0.3) is 0 Å². The van der Waals surface area contributed by atoms with Gasteiger partial charge in [0.25, 0.3) is 5.91 Å². The van der Waals surface area contributed by atoms with E-state index in [-0.39, 0.29) is 5.91 Å². The molecule has 2 aromatic rings. The van der Waals surface area contributed by atoms with Gasteiger partial charge in [-0.3, -0.25) is 4.79 Å². The maximum Gasteiger partial charge on any atom is 0.265 e. The van der Waals surface area contributed by atoms with Crippen molar-refractivity contribution in [3.05, 3.63) is 44.4 Å². The van der Waals surface area contributed by atoms with Crippen LogP contribution in [-0.2, 0) is 0 Å². The van der Waals surface area contributed by atoms with Gasteiger partial charge in [0, 0.05) is 11.1 Å². The van der Waals surface area contributed by atoms with E-state index in [1.54, 1.807) is 12.3 Å². The molecule has 2 rings (SSSR count). The van der Waals surface area contributed by atoms with Gasteiger partial charge in [-0.2, -0.15) is 0 Å². The highest BCUT2D eigenvalue weighted by Crippen LogP contribution is 2.24. The first kappa shape index (κ1) is 13.1. The Hall–Kier alpha value is -1.39. The summed E-state index contributed by atoms with van der Waals surface area (Å²) in [7, 11) is 0. The molecule has 2 aromatic heterocycles. The molecule has 18 heavy (non-hydrogen) atoms. The van der Waals surface area contributed by atoms with Crippen molar-refractivity contribution in [3.8, 4) is 0 Å². The van der Waals surface area contributed by atoms with Crippen LogP contribution in [0.3, 0.4) is 0 Å². The monoisotopic (exact) mass is 280 g/mol. The van der Waals surface area contributed by atoms with Gasteiger partial charge in [-0.05, 0) is 44.0 Å². The molecule has 0 atom stereocenters. The quantitative estimate of drug-likeness (QED) is 0.846. The molecule has 0 saturated heterocycles. The molecule has 3 nitrogen and oxygen atoms in total. The number of halogens is 1. The molecule has 1 N–H and O–H groups in total. The number of nitrogens with one attached hydrogen (secondary N) is 1. The Kier molecular flexibility index (Phi) is 3.68. The van der Waals surface area contributed by atoms with Gasteiger partial charge in [-0.15, -0.1) is 11.3 Å². The third-order valence-electron chi connectivity index (χ3n) is 2.61. The number of pyridine rings is 1. The van der Waals surface area contributed by atoms with Crippen LogP contribution < -0.4 is 5.32 Å². The molecular formula is C13H13ClN2OS. The molecule has 2 heterocycles. The van der Waals surface area contributed by atoms with Gasteiger partial charge in [0.05, 0.1) is 10.6 Å². The molecule has 1 amide bonds.